The maximum absolute atomic E-state index is 6.28. The molecule has 1 aliphatic carbocycles. The number of hydrogen-bond donors (Lipinski definition) is 0. The van der Waals surface area contributed by atoms with E-state index >= 15 is 0 Å². The highest BCUT2D eigenvalue weighted by Crippen LogP contribution is 2.38. The van der Waals surface area contributed by atoms with Gasteiger partial charge in [-0.1, -0.05) is 73.3 Å². The van der Waals surface area contributed by atoms with Gasteiger partial charge in [-0.05, 0) is 64.5 Å². The van der Waals surface area contributed by atoms with E-state index in [-0.39, 0.29) is 6.04 Å². The summed E-state index contributed by atoms with van der Waals surface area (Å²) in [5.74, 6) is 1.73. The number of ether oxygens (including phenoxy) is 1. The zero-order valence-corrected chi connectivity index (χ0v) is 19.7. The maximum atomic E-state index is 6.28. The van der Waals surface area contributed by atoms with Crippen LogP contribution in [0.2, 0.25) is 0 Å². The van der Waals surface area contributed by atoms with Gasteiger partial charge in [0.2, 0.25) is 0 Å². The zero-order chi connectivity index (χ0) is 22.1. The normalized spacial score (nSPS) is 16.2. The van der Waals surface area contributed by atoms with Crippen molar-refractivity contribution < 1.29 is 4.74 Å². The second-order valence-electron chi connectivity index (χ2n) is 8.25. The van der Waals surface area contributed by atoms with Crippen LogP contribution < -0.4 is 4.74 Å². The molecule has 0 aromatic heterocycles. The molecule has 0 fully saturated rings. The third-order valence-corrected chi connectivity index (χ3v) is 7.15. The lowest BCUT2D eigenvalue weighted by molar-refractivity contribution is 0.304. The lowest BCUT2D eigenvalue weighted by atomic mass is 10.1. The molecule has 0 bridgehead atoms. The predicted octanol–water partition coefficient (Wildman–Crippen LogP) is 6.64. The van der Waals surface area contributed by atoms with Crippen LogP contribution in [0.3, 0.4) is 0 Å². The summed E-state index contributed by atoms with van der Waals surface area (Å²) in [5.41, 5.74) is 6.80. The SMILES string of the molecule is C=C1C(Br)=C(C)N=C(c2ccccc2OCc2ccccc2)N1C1Cc2ccccc2C1. The van der Waals surface area contributed by atoms with E-state index in [1.54, 1.807) is 0 Å². The number of benzene rings is 3. The molecule has 3 aromatic carbocycles. The molecule has 0 unspecified atom stereocenters. The molecule has 0 spiro atoms. The van der Waals surface area contributed by atoms with E-state index < -0.39 is 0 Å². The van der Waals surface area contributed by atoms with Crippen LogP contribution in [-0.4, -0.2) is 16.8 Å². The Morgan fingerprint density at radius 2 is 1.56 bits per heavy atom. The first-order chi connectivity index (χ1) is 15.6. The molecule has 0 saturated carbocycles. The number of hydrogen-bond acceptors (Lipinski definition) is 3. The van der Waals surface area contributed by atoms with E-state index in [1.807, 2.05) is 43.3 Å². The average molecular weight is 485 g/mol. The van der Waals surface area contributed by atoms with E-state index in [9.17, 15) is 0 Å². The topological polar surface area (TPSA) is 24.8 Å². The van der Waals surface area contributed by atoms with Crippen molar-refractivity contribution in [2.24, 2.45) is 4.99 Å². The van der Waals surface area contributed by atoms with E-state index in [1.165, 1.54) is 11.1 Å². The first-order valence-electron chi connectivity index (χ1n) is 10.9. The summed E-state index contributed by atoms with van der Waals surface area (Å²) in [6.45, 7) is 6.96. The molecule has 3 nitrogen and oxygen atoms in total. The van der Waals surface area contributed by atoms with Crippen LogP contribution in [-0.2, 0) is 19.4 Å². The van der Waals surface area contributed by atoms with Gasteiger partial charge in [0.25, 0.3) is 0 Å². The molecular formula is C28H25BrN2O. The molecule has 3 aromatic rings. The number of rotatable bonds is 5. The quantitative estimate of drug-likeness (QED) is 0.405. The van der Waals surface area contributed by atoms with Gasteiger partial charge in [-0.3, -0.25) is 0 Å². The van der Waals surface area contributed by atoms with Gasteiger partial charge >= 0.3 is 0 Å². The first kappa shape index (κ1) is 20.8. The Kier molecular flexibility index (Phi) is 5.71. The van der Waals surface area contributed by atoms with Crippen LogP contribution in [0, 0.1) is 0 Å². The van der Waals surface area contributed by atoms with E-state index in [0.29, 0.717) is 6.61 Å². The minimum Gasteiger partial charge on any atom is -0.488 e. The molecule has 0 saturated heterocycles. The fourth-order valence-corrected chi connectivity index (χ4v) is 4.80. The largest absolute Gasteiger partial charge is 0.488 e. The van der Waals surface area contributed by atoms with Crippen molar-refractivity contribution in [2.45, 2.75) is 32.4 Å². The number of allylic oxidation sites excluding steroid dienone is 2. The highest BCUT2D eigenvalue weighted by molar-refractivity contribution is 9.12. The van der Waals surface area contributed by atoms with Crippen molar-refractivity contribution in [3.8, 4) is 5.75 Å². The Balaban J connectivity index is 1.51. The van der Waals surface area contributed by atoms with Gasteiger partial charge in [-0.15, -0.1) is 0 Å². The molecule has 4 heteroatoms. The van der Waals surface area contributed by atoms with Crippen LogP contribution in [0.25, 0.3) is 0 Å². The van der Waals surface area contributed by atoms with Crippen LogP contribution in [0.4, 0.5) is 0 Å². The molecule has 2 aliphatic rings. The minimum absolute atomic E-state index is 0.265. The van der Waals surface area contributed by atoms with Crippen LogP contribution in [0.15, 0.2) is 106 Å². The number of amidine groups is 1. The number of halogens is 1. The molecule has 5 rings (SSSR count). The van der Waals surface area contributed by atoms with Crippen molar-refractivity contribution in [2.75, 3.05) is 0 Å². The molecule has 0 radical (unpaired) electrons. The van der Waals surface area contributed by atoms with Gasteiger partial charge in [-0.2, -0.15) is 0 Å². The van der Waals surface area contributed by atoms with E-state index in [4.69, 9.17) is 9.73 Å². The monoisotopic (exact) mass is 484 g/mol. The highest BCUT2D eigenvalue weighted by atomic mass is 79.9. The smallest absolute Gasteiger partial charge is 0.144 e. The highest BCUT2D eigenvalue weighted by Gasteiger charge is 2.35. The van der Waals surface area contributed by atoms with Crippen LogP contribution in [0.5, 0.6) is 5.75 Å². The molecule has 160 valence electrons. The number of nitrogens with zero attached hydrogens (tertiary/aromatic N) is 2. The van der Waals surface area contributed by atoms with Gasteiger partial charge in [0.15, 0.2) is 0 Å². The molecule has 0 N–H and O–H groups in total. The Hall–Kier alpha value is -3.11. The molecule has 1 aliphatic heterocycles. The number of fused-ring (bicyclic) bond motifs is 1. The van der Waals surface area contributed by atoms with Gasteiger partial charge < -0.3 is 9.64 Å². The number of para-hydroxylation sites is 1. The zero-order valence-electron chi connectivity index (χ0n) is 18.1. The summed E-state index contributed by atoms with van der Waals surface area (Å²) < 4.78 is 7.24. The molecule has 0 amide bonds. The summed E-state index contributed by atoms with van der Waals surface area (Å²) in [4.78, 5) is 7.32. The Morgan fingerprint density at radius 1 is 0.938 bits per heavy atom. The molecular weight excluding hydrogens is 460 g/mol. The van der Waals surface area contributed by atoms with Crippen molar-refractivity contribution in [1.29, 1.82) is 0 Å². The van der Waals surface area contributed by atoms with E-state index in [0.717, 1.165) is 51.4 Å². The van der Waals surface area contributed by atoms with Gasteiger partial charge in [0.05, 0.1) is 21.4 Å². The summed E-state index contributed by atoms with van der Waals surface area (Å²) in [6, 6.07) is 27.4. The predicted molar refractivity (Wildman–Crippen MR) is 134 cm³/mol. The Labute approximate surface area is 197 Å². The summed E-state index contributed by atoms with van der Waals surface area (Å²) >= 11 is 3.72. The fraction of sp³-hybridized carbons (Fsp3) is 0.179. The number of aliphatic imine (C=N–C) groups is 1. The first-order valence-corrected chi connectivity index (χ1v) is 11.7. The Morgan fingerprint density at radius 3 is 2.28 bits per heavy atom. The van der Waals surface area contributed by atoms with Crippen molar-refractivity contribution in [3.63, 3.8) is 0 Å². The molecule has 32 heavy (non-hydrogen) atoms. The third kappa shape index (κ3) is 3.91. The average Bonchev–Trinajstić information content (AvgIpc) is 3.25. The van der Waals surface area contributed by atoms with Crippen LogP contribution >= 0.6 is 15.9 Å². The lowest BCUT2D eigenvalue weighted by Crippen LogP contribution is -2.42. The van der Waals surface area contributed by atoms with Crippen molar-refractivity contribution in [1.82, 2.24) is 4.90 Å². The lowest BCUT2D eigenvalue weighted by Gasteiger charge is -2.37. The van der Waals surface area contributed by atoms with Gasteiger partial charge in [0, 0.05) is 6.04 Å². The van der Waals surface area contributed by atoms with Crippen molar-refractivity contribution in [3.05, 3.63) is 124 Å². The Bertz CT molecular complexity index is 1200. The van der Waals surface area contributed by atoms with Gasteiger partial charge in [0.1, 0.15) is 18.2 Å². The standard InChI is InChI=1S/C28H25BrN2O/c1-19-27(29)20(2)31(24-16-22-12-6-7-13-23(22)17-24)28(30-19)25-14-8-9-15-26(25)32-18-21-10-4-3-5-11-21/h3-15,24H,2,16-18H2,1H3. The third-order valence-electron chi connectivity index (χ3n) is 6.12. The van der Waals surface area contributed by atoms with Crippen LogP contribution in [0.1, 0.15) is 29.2 Å². The summed E-state index contributed by atoms with van der Waals surface area (Å²) in [5, 5.41) is 0. The van der Waals surface area contributed by atoms with Crippen molar-refractivity contribution >= 4 is 21.8 Å². The fourth-order valence-electron chi connectivity index (χ4n) is 4.52. The maximum Gasteiger partial charge on any atom is 0.144 e. The second kappa shape index (κ2) is 8.79. The van der Waals surface area contributed by atoms with E-state index in [2.05, 4.69) is 69.9 Å². The minimum atomic E-state index is 0.265. The summed E-state index contributed by atoms with van der Waals surface area (Å²) in [7, 11) is 0. The molecule has 0 atom stereocenters. The molecule has 1 heterocycles. The van der Waals surface area contributed by atoms with Gasteiger partial charge in [-0.25, -0.2) is 4.99 Å². The second-order valence-corrected chi connectivity index (χ2v) is 9.05. The summed E-state index contributed by atoms with van der Waals surface area (Å²) in [6.07, 6.45) is 1.95.